The van der Waals surface area contributed by atoms with Crippen LogP contribution in [0.1, 0.15) is 52.7 Å². The zero-order valence-electron chi connectivity index (χ0n) is 29.0. The highest BCUT2D eigenvalue weighted by Crippen LogP contribution is 2.23. The molecular weight excluding hydrogens is 602 g/mol. The Hall–Kier alpha value is -3.92. The summed E-state index contributed by atoms with van der Waals surface area (Å²) in [4.78, 5) is 35.4. The lowest BCUT2D eigenvalue weighted by atomic mass is 9.94. The molecule has 3 aromatic carbocycles. The van der Waals surface area contributed by atoms with E-state index in [-0.39, 0.29) is 11.8 Å². The van der Waals surface area contributed by atoms with E-state index < -0.39 is 0 Å². The number of likely N-dealkylation sites (tertiary alicyclic amines) is 1. The number of hydrogen-bond donors (Lipinski definition) is 1. The number of hydrogen-bond acceptors (Lipinski definition) is 7. The maximum absolute atomic E-state index is 13.5. The Balaban J connectivity index is 0.999. The van der Waals surface area contributed by atoms with Gasteiger partial charge in [0.25, 0.3) is 5.91 Å². The van der Waals surface area contributed by atoms with Crippen LogP contribution in [0, 0.1) is 5.92 Å². The second-order valence-corrected chi connectivity index (χ2v) is 13.4. The van der Waals surface area contributed by atoms with Crippen molar-refractivity contribution in [3.63, 3.8) is 0 Å². The van der Waals surface area contributed by atoms with Gasteiger partial charge in [0.2, 0.25) is 5.91 Å². The van der Waals surface area contributed by atoms with Crippen LogP contribution in [-0.2, 0) is 24.4 Å². The first-order chi connectivity index (χ1) is 23.4. The molecule has 0 aromatic heterocycles. The molecule has 48 heavy (non-hydrogen) atoms. The normalized spacial score (nSPS) is 16.5. The number of nitrogens with one attached hydrogen (secondary N) is 1. The van der Waals surface area contributed by atoms with E-state index in [1.807, 2.05) is 48.5 Å². The van der Waals surface area contributed by atoms with Crippen molar-refractivity contribution in [2.24, 2.45) is 5.92 Å². The molecule has 0 spiro atoms. The van der Waals surface area contributed by atoms with Gasteiger partial charge in [-0.2, -0.15) is 0 Å². The van der Waals surface area contributed by atoms with Gasteiger partial charge in [0, 0.05) is 63.8 Å². The molecule has 0 atom stereocenters. The maximum atomic E-state index is 13.5. The van der Waals surface area contributed by atoms with Crippen molar-refractivity contribution in [1.82, 2.24) is 24.9 Å². The smallest absolute Gasteiger partial charge is 0.251 e. The van der Waals surface area contributed by atoms with Crippen LogP contribution in [-0.4, -0.2) is 105 Å². The Morgan fingerprint density at radius 2 is 1.35 bits per heavy atom. The second kappa shape index (κ2) is 18.0. The van der Waals surface area contributed by atoms with Gasteiger partial charge in [-0.05, 0) is 106 Å². The molecule has 2 amide bonds. The molecule has 0 unspecified atom stereocenters. The average molecular weight is 656 g/mol. The van der Waals surface area contributed by atoms with Crippen molar-refractivity contribution in [2.75, 3.05) is 73.6 Å². The summed E-state index contributed by atoms with van der Waals surface area (Å²) < 4.78 is 11.1. The van der Waals surface area contributed by atoms with Gasteiger partial charge in [-0.1, -0.05) is 36.4 Å². The van der Waals surface area contributed by atoms with Crippen molar-refractivity contribution >= 4 is 11.8 Å². The largest absolute Gasteiger partial charge is 0.497 e. The number of amides is 2. The summed E-state index contributed by atoms with van der Waals surface area (Å²) in [7, 11) is 5.80. The SMILES string of the molecule is COc1ccc(CNC(=O)c2ccc(CN3CCCN(C(=O)C4CCN(Cc5ccc(OCCCN(C)C)cc5)CC4)CC3)cc2)cc1. The van der Waals surface area contributed by atoms with E-state index in [4.69, 9.17) is 9.47 Å². The van der Waals surface area contributed by atoms with Crippen LogP contribution in [0.3, 0.4) is 0 Å². The lowest BCUT2D eigenvalue weighted by Crippen LogP contribution is -2.43. The van der Waals surface area contributed by atoms with Crippen molar-refractivity contribution in [3.05, 3.63) is 95.1 Å². The van der Waals surface area contributed by atoms with E-state index in [1.165, 1.54) is 11.1 Å². The zero-order valence-corrected chi connectivity index (χ0v) is 29.0. The monoisotopic (exact) mass is 655 g/mol. The fourth-order valence-electron chi connectivity index (χ4n) is 6.51. The van der Waals surface area contributed by atoms with Crippen LogP contribution >= 0.6 is 0 Å². The Labute approximate surface area is 286 Å². The molecule has 9 heteroatoms. The molecule has 9 nitrogen and oxygen atoms in total. The minimum absolute atomic E-state index is 0.0852. The van der Waals surface area contributed by atoms with E-state index in [0.717, 1.165) is 108 Å². The molecule has 5 rings (SSSR count). The highest BCUT2D eigenvalue weighted by molar-refractivity contribution is 5.94. The predicted octanol–water partition coefficient (Wildman–Crippen LogP) is 4.90. The maximum Gasteiger partial charge on any atom is 0.251 e. The molecule has 0 bridgehead atoms. The van der Waals surface area contributed by atoms with Crippen LogP contribution in [0.15, 0.2) is 72.8 Å². The summed E-state index contributed by atoms with van der Waals surface area (Å²) in [5.74, 6) is 2.09. The summed E-state index contributed by atoms with van der Waals surface area (Å²) >= 11 is 0. The third kappa shape index (κ3) is 10.8. The second-order valence-electron chi connectivity index (χ2n) is 13.4. The summed E-state index contributed by atoms with van der Waals surface area (Å²) in [5, 5.41) is 2.99. The summed E-state index contributed by atoms with van der Waals surface area (Å²) in [6.45, 7) is 9.29. The standard InChI is InChI=1S/C39H53N5O4/c1-41(2)20-5-27-48-37-16-10-33(11-17-37)30-43-23-18-35(19-24-43)39(46)44-22-4-21-42(25-26-44)29-32-6-12-34(13-7-32)38(45)40-28-31-8-14-36(47-3)15-9-31/h6-17,35H,4-5,18-30H2,1-3H3,(H,40,45). The minimum atomic E-state index is -0.0852. The summed E-state index contributed by atoms with van der Waals surface area (Å²) in [5.41, 5.74) is 4.14. The van der Waals surface area contributed by atoms with Crippen molar-refractivity contribution in [3.8, 4) is 11.5 Å². The average Bonchev–Trinajstić information content (AvgIpc) is 3.36. The number of nitrogens with zero attached hydrogens (tertiary/aromatic N) is 4. The van der Waals surface area contributed by atoms with E-state index in [0.29, 0.717) is 18.0 Å². The van der Waals surface area contributed by atoms with Crippen LogP contribution in [0.2, 0.25) is 0 Å². The summed E-state index contributed by atoms with van der Waals surface area (Å²) in [6, 6.07) is 24.1. The third-order valence-electron chi connectivity index (χ3n) is 9.42. The van der Waals surface area contributed by atoms with Gasteiger partial charge < -0.3 is 24.6 Å². The molecule has 2 heterocycles. The molecule has 3 aromatic rings. The van der Waals surface area contributed by atoms with Gasteiger partial charge in [0.15, 0.2) is 0 Å². The van der Waals surface area contributed by atoms with Crippen LogP contribution < -0.4 is 14.8 Å². The number of rotatable bonds is 14. The quantitative estimate of drug-likeness (QED) is 0.248. The number of ether oxygens (including phenoxy) is 2. The number of methoxy groups -OCH3 is 1. The molecule has 1 N–H and O–H groups in total. The first-order valence-corrected chi connectivity index (χ1v) is 17.5. The van der Waals surface area contributed by atoms with Gasteiger partial charge in [-0.15, -0.1) is 0 Å². The Kier molecular flexibility index (Phi) is 13.3. The van der Waals surface area contributed by atoms with E-state index in [9.17, 15) is 9.59 Å². The molecule has 0 aliphatic carbocycles. The highest BCUT2D eigenvalue weighted by atomic mass is 16.5. The molecule has 2 saturated heterocycles. The van der Waals surface area contributed by atoms with Crippen molar-refractivity contribution in [1.29, 1.82) is 0 Å². The molecule has 0 saturated carbocycles. The van der Waals surface area contributed by atoms with Crippen LogP contribution in [0.25, 0.3) is 0 Å². The molecule has 0 radical (unpaired) electrons. The van der Waals surface area contributed by atoms with Gasteiger partial charge >= 0.3 is 0 Å². The molecule has 2 aliphatic rings. The minimum Gasteiger partial charge on any atom is -0.497 e. The van der Waals surface area contributed by atoms with Gasteiger partial charge in [0.05, 0.1) is 13.7 Å². The fourth-order valence-corrected chi connectivity index (χ4v) is 6.51. The van der Waals surface area contributed by atoms with Crippen molar-refractivity contribution < 1.29 is 19.1 Å². The number of carbonyl (C=O) groups is 2. The van der Waals surface area contributed by atoms with Crippen LogP contribution in [0.5, 0.6) is 11.5 Å². The molecule has 2 aliphatic heterocycles. The Bertz CT molecular complexity index is 1420. The van der Waals surface area contributed by atoms with Crippen LogP contribution in [0.4, 0.5) is 0 Å². The number of piperidine rings is 1. The lowest BCUT2D eigenvalue weighted by Gasteiger charge is -2.34. The first-order valence-electron chi connectivity index (χ1n) is 17.5. The molecule has 258 valence electrons. The molecule has 2 fully saturated rings. The highest BCUT2D eigenvalue weighted by Gasteiger charge is 2.29. The van der Waals surface area contributed by atoms with E-state index >= 15 is 0 Å². The third-order valence-corrected chi connectivity index (χ3v) is 9.42. The fraction of sp³-hybridized carbons (Fsp3) is 0.487. The Morgan fingerprint density at radius 3 is 2.00 bits per heavy atom. The number of benzene rings is 3. The molecular formula is C39H53N5O4. The van der Waals surface area contributed by atoms with E-state index in [2.05, 4.69) is 63.3 Å². The van der Waals surface area contributed by atoms with Gasteiger partial charge in [-0.3, -0.25) is 19.4 Å². The first kappa shape index (κ1) is 35.4. The van der Waals surface area contributed by atoms with E-state index in [1.54, 1.807) is 7.11 Å². The lowest BCUT2D eigenvalue weighted by molar-refractivity contribution is -0.137. The van der Waals surface area contributed by atoms with Crippen molar-refractivity contribution in [2.45, 2.75) is 45.3 Å². The summed E-state index contributed by atoms with van der Waals surface area (Å²) in [6.07, 6.45) is 3.84. The Morgan fingerprint density at radius 1 is 0.750 bits per heavy atom. The zero-order chi connectivity index (χ0) is 33.7. The van der Waals surface area contributed by atoms with Gasteiger partial charge in [-0.25, -0.2) is 0 Å². The van der Waals surface area contributed by atoms with Gasteiger partial charge in [0.1, 0.15) is 11.5 Å². The topological polar surface area (TPSA) is 77.6 Å². The predicted molar refractivity (Wildman–Crippen MR) is 190 cm³/mol. The number of carbonyl (C=O) groups excluding carboxylic acids is 2.